The van der Waals surface area contributed by atoms with Gasteiger partial charge in [-0.15, -0.1) is 11.8 Å². The number of fused-ring (bicyclic) bond motifs is 4. The van der Waals surface area contributed by atoms with E-state index >= 15 is 0 Å². The summed E-state index contributed by atoms with van der Waals surface area (Å²) in [6.45, 7) is 11.0. The highest BCUT2D eigenvalue weighted by Gasteiger charge is 2.43. The van der Waals surface area contributed by atoms with Crippen molar-refractivity contribution >= 4 is 64.1 Å². The Morgan fingerprint density at radius 2 is 1.52 bits per heavy atom. The SMILES string of the molecule is C/C=C1\NC(=O)C2CSC(=N2)C2CCCN2C(=O)C(CC(C)C)NC(=O)C(C)NC(=O)C(O)COC(=O)C(C(C)C)N(C)C(=O)C(C(C)O)NC(=O)C2CCCCN2C1=O. The van der Waals surface area contributed by atoms with E-state index in [4.69, 9.17) is 9.73 Å². The molecular formula is C40H62N8O11S. The number of nitrogens with zero attached hydrogens (tertiary/aromatic N) is 4. The van der Waals surface area contributed by atoms with Gasteiger partial charge in [-0.25, -0.2) is 4.79 Å². The minimum atomic E-state index is -1.91. The van der Waals surface area contributed by atoms with Crippen molar-refractivity contribution in [1.29, 1.82) is 0 Å². The van der Waals surface area contributed by atoms with Gasteiger partial charge in [-0.3, -0.25) is 38.6 Å². The minimum Gasteiger partial charge on any atom is -0.461 e. The van der Waals surface area contributed by atoms with Crippen LogP contribution in [0.4, 0.5) is 0 Å². The molecular weight excluding hydrogens is 801 g/mol. The third-order valence-corrected chi connectivity index (χ3v) is 12.2. The maximum Gasteiger partial charge on any atom is 0.329 e. The van der Waals surface area contributed by atoms with Gasteiger partial charge in [0.1, 0.15) is 48.6 Å². The molecule has 4 rings (SSSR count). The first-order valence-electron chi connectivity index (χ1n) is 20.8. The molecule has 0 aliphatic carbocycles. The molecule has 0 saturated carbocycles. The monoisotopic (exact) mass is 862 g/mol. The standard InChI is InChI=1S/C40H62N8O11S/c1-9-24-37(55)47-15-11-10-13-27(47)34(53)45-30(23(7)49)39(57)46(8)31(21(4)5)40(58)59-18-29(50)35(54)41-22(6)32(51)43-25(17-20(2)3)38(56)48-16-12-14-28(48)36-44-26(19-60-36)33(52)42-24/h9,20-23,25-31,49-50H,10-19H2,1-8H3,(H,41,54)(H,42,52)(H,43,51)(H,45,53)/b24-9-. The van der Waals surface area contributed by atoms with Crippen LogP contribution in [0.25, 0.3) is 0 Å². The lowest BCUT2D eigenvalue weighted by molar-refractivity contribution is -0.161. The summed E-state index contributed by atoms with van der Waals surface area (Å²) in [5.74, 6) is -6.13. The number of likely N-dealkylation sites (N-methyl/N-ethyl adjacent to an activating group) is 1. The zero-order valence-corrected chi connectivity index (χ0v) is 36.6. The fourth-order valence-corrected chi connectivity index (χ4v) is 9.02. The molecule has 0 spiro atoms. The van der Waals surface area contributed by atoms with Crippen molar-refractivity contribution in [2.75, 3.05) is 32.5 Å². The third-order valence-electron chi connectivity index (χ3n) is 11.1. The van der Waals surface area contributed by atoms with E-state index in [1.54, 1.807) is 25.7 Å². The number of esters is 1. The number of ether oxygens (including phenoxy) is 1. The van der Waals surface area contributed by atoms with Crippen LogP contribution >= 0.6 is 11.8 Å². The topological polar surface area (TPSA) is 256 Å². The summed E-state index contributed by atoms with van der Waals surface area (Å²) in [4.78, 5) is 118. The molecule has 7 amide bonds. The number of aliphatic imine (C=N–C) groups is 1. The highest BCUT2D eigenvalue weighted by atomic mass is 32.2. The molecule has 9 unspecified atom stereocenters. The van der Waals surface area contributed by atoms with Gasteiger partial charge in [0.2, 0.25) is 29.5 Å². The molecule has 4 aliphatic rings. The number of aliphatic hydroxyl groups is 2. The number of thioether (sulfide) groups is 1. The second kappa shape index (κ2) is 21.3. The number of hydrogen-bond acceptors (Lipinski definition) is 13. The predicted octanol–water partition coefficient (Wildman–Crippen LogP) is -0.806. The molecule has 20 heteroatoms. The lowest BCUT2D eigenvalue weighted by Crippen LogP contribution is -2.61. The number of rotatable bonds is 4. The largest absolute Gasteiger partial charge is 0.461 e. The molecule has 0 aromatic rings. The molecule has 6 N–H and O–H groups in total. The Kier molecular flexibility index (Phi) is 17.1. The second-order valence-electron chi connectivity index (χ2n) is 16.6. The molecule has 9 atom stereocenters. The fourth-order valence-electron chi connectivity index (χ4n) is 7.82. The van der Waals surface area contributed by atoms with E-state index in [1.165, 1.54) is 43.6 Å². The summed E-state index contributed by atoms with van der Waals surface area (Å²) >= 11 is 1.34. The maximum atomic E-state index is 14.1. The Hall–Kier alpha value is -4.56. The van der Waals surface area contributed by atoms with Crippen LogP contribution in [0.5, 0.6) is 0 Å². The van der Waals surface area contributed by atoms with Gasteiger partial charge in [-0.1, -0.05) is 33.8 Å². The van der Waals surface area contributed by atoms with Crippen molar-refractivity contribution in [2.24, 2.45) is 16.8 Å². The number of hydrogen-bond donors (Lipinski definition) is 6. The Morgan fingerprint density at radius 3 is 2.15 bits per heavy atom. The summed E-state index contributed by atoms with van der Waals surface area (Å²) in [6.07, 6.45) is 0.988. The van der Waals surface area contributed by atoms with Crippen LogP contribution in [0, 0.1) is 11.8 Å². The van der Waals surface area contributed by atoms with E-state index in [0.29, 0.717) is 37.3 Å². The Balaban J connectivity index is 1.68. The van der Waals surface area contributed by atoms with E-state index in [-0.39, 0.29) is 42.7 Å². The number of piperidine rings is 1. The van der Waals surface area contributed by atoms with Gasteiger partial charge in [-0.2, -0.15) is 0 Å². The lowest BCUT2D eigenvalue weighted by Gasteiger charge is -2.37. The third kappa shape index (κ3) is 11.6. The zero-order chi connectivity index (χ0) is 44.6. The van der Waals surface area contributed by atoms with Crippen molar-refractivity contribution < 1.29 is 53.3 Å². The van der Waals surface area contributed by atoms with Crippen LogP contribution < -0.4 is 21.3 Å². The van der Waals surface area contributed by atoms with Crippen molar-refractivity contribution in [3.05, 3.63) is 11.8 Å². The summed E-state index contributed by atoms with van der Waals surface area (Å²) in [5, 5.41) is 32.4. The van der Waals surface area contributed by atoms with Gasteiger partial charge < -0.3 is 50.9 Å². The molecule has 0 aromatic heterocycles. The molecule has 334 valence electrons. The predicted molar refractivity (Wildman–Crippen MR) is 221 cm³/mol. The lowest BCUT2D eigenvalue weighted by atomic mass is 9.99. The highest BCUT2D eigenvalue weighted by Crippen LogP contribution is 2.30. The quantitative estimate of drug-likeness (QED) is 0.150. The van der Waals surface area contributed by atoms with E-state index in [9.17, 15) is 48.6 Å². The second-order valence-corrected chi connectivity index (χ2v) is 17.7. The molecule has 4 aliphatic heterocycles. The number of allylic oxidation sites excluding steroid dienone is 1. The summed E-state index contributed by atoms with van der Waals surface area (Å²) in [5.41, 5.74) is -0.0665. The molecule has 19 nitrogen and oxygen atoms in total. The summed E-state index contributed by atoms with van der Waals surface area (Å²) in [7, 11) is 1.28. The van der Waals surface area contributed by atoms with Crippen LogP contribution in [-0.2, 0) is 43.1 Å². The normalized spacial score (nSPS) is 31.4. The minimum absolute atomic E-state index is 0.0120. The maximum absolute atomic E-state index is 14.1. The van der Waals surface area contributed by atoms with Crippen molar-refractivity contribution in [3.8, 4) is 0 Å². The number of carbonyl (C=O) groups excluding carboxylic acids is 8. The Morgan fingerprint density at radius 1 is 0.850 bits per heavy atom. The molecule has 2 saturated heterocycles. The van der Waals surface area contributed by atoms with E-state index < -0.39 is 108 Å². The van der Waals surface area contributed by atoms with Crippen LogP contribution in [0.3, 0.4) is 0 Å². The average molecular weight is 863 g/mol. The molecule has 0 radical (unpaired) electrons. The number of nitrogens with one attached hydrogen (secondary N) is 4. The number of cyclic esters (lactones) is 1. The number of aliphatic hydroxyl groups excluding tert-OH is 2. The van der Waals surface area contributed by atoms with Gasteiger partial charge in [0.25, 0.3) is 11.8 Å². The van der Waals surface area contributed by atoms with Crippen LogP contribution in [0.1, 0.15) is 87.0 Å². The molecule has 2 fully saturated rings. The van der Waals surface area contributed by atoms with Crippen molar-refractivity contribution in [1.82, 2.24) is 36.0 Å². The fraction of sp³-hybridized carbons (Fsp3) is 0.725. The van der Waals surface area contributed by atoms with Crippen molar-refractivity contribution in [2.45, 2.75) is 141 Å². The van der Waals surface area contributed by atoms with Gasteiger partial charge in [0, 0.05) is 25.9 Å². The van der Waals surface area contributed by atoms with E-state index in [0.717, 1.165) is 4.90 Å². The van der Waals surface area contributed by atoms with Crippen LogP contribution in [0.15, 0.2) is 16.8 Å². The molecule has 60 heavy (non-hydrogen) atoms. The number of carbonyl (C=O) groups is 8. The van der Waals surface area contributed by atoms with E-state index in [1.807, 2.05) is 13.8 Å². The molecule has 2 bridgehead atoms. The Bertz CT molecular complexity index is 1720. The smallest absolute Gasteiger partial charge is 0.329 e. The first-order chi connectivity index (χ1) is 28.3. The van der Waals surface area contributed by atoms with Crippen LogP contribution in [0.2, 0.25) is 0 Å². The van der Waals surface area contributed by atoms with E-state index in [2.05, 4.69) is 21.3 Å². The highest BCUT2D eigenvalue weighted by molar-refractivity contribution is 8.14. The van der Waals surface area contributed by atoms with Gasteiger partial charge >= 0.3 is 5.97 Å². The number of amides is 7. The molecule has 4 heterocycles. The zero-order valence-electron chi connectivity index (χ0n) is 35.8. The van der Waals surface area contributed by atoms with Crippen LogP contribution in [-0.4, -0.2) is 164 Å². The van der Waals surface area contributed by atoms with Gasteiger partial charge in [-0.05, 0) is 71.1 Å². The van der Waals surface area contributed by atoms with Crippen molar-refractivity contribution in [3.63, 3.8) is 0 Å². The van der Waals surface area contributed by atoms with Gasteiger partial charge in [0.15, 0.2) is 6.10 Å². The first-order valence-corrected chi connectivity index (χ1v) is 21.7. The Labute approximate surface area is 355 Å². The summed E-state index contributed by atoms with van der Waals surface area (Å²) in [6, 6.07) is -7.42. The molecule has 0 aromatic carbocycles. The summed E-state index contributed by atoms with van der Waals surface area (Å²) < 4.78 is 5.29. The van der Waals surface area contributed by atoms with Gasteiger partial charge in [0.05, 0.1) is 17.2 Å². The average Bonchev–Trinajstić information content (AvgIpc) is 3.90. The first kappa shape index (κ1) is 48.1.